The van der Waals surface area contributed by atoms with Crippen molar-refractivity contribution in [3.05, 3.63) is 109 Å². The fourth-order valence-electron chi connectivity index (χ4n) is 3.69. The molecule has 1 aliphatic rings. The largest absolute Gasteiger partial charge is 0.506 e. The molecular formula is C30H25FINO6S. The molecule has 0 spiro atoms. The van der Waals surface area contributed by atoms with E-state index in [0.717, 1.165) is 20.9 Å². The van der Waals surface area contributed by atoms with E-state index in [0.29, 0.717) is 34.1 Å². The number of benzene rings is 3. The van der Waals surface area contributed by atoms with E-state index in [2.05, 4.69) is 27.6 Å². The topological polar surface area (TPSA) is 94.4 Å². The van der Waals surface area contributed by atoms with E-state index in [1.54, 1.807) is 61.5 Å². The van der Waals surface area contributed by atoms with Gasteiger partial charge in [0.25, 0.3) is 5.91 Å². The molecule has 0 saturated heterocycles. The number of hydrogen-bond acceptors (Lipinski definition) is 7. The molecule has 206 valence electrons. The van der Waals surface area contributed by atoms with E-state index < -0.39 is 11.9 Å². The number of amides is 1. The lowest BCUT2D eigenvalue weighted by Gasteiger charge is -2.15. The first-order valence-corrected chi connectivity index (χ1v) is 14.2. The second kappa shape index (κ2) is 13.6. The fourth-order valence-corrected chi connectivity index (χ4v) is 5.48. The summed E-state index contributed by atoms with van der Waals surface area (Å²) in [5.41, 5.74) is 1.64. The molecule has 0 radical (unpaired) electrons. The molecule has 0 aromatic heterocycles. The summed E-state index contributed by atoms with van der Waals surface area (Å²) >= 11 is 3.12. The van der Waals surface area contributed by atoms with Crippen LogP contribution in [0.1, 0.15) is 35.3 Å². The Bertz CT molecular complexity index is 1500. The Labute approximate surface area is 248 Å². The van der Waals surface area contributed by atoms with Crippen LogP contribution in [0.3, 0.4) is 0 Å². The van der Waals surface area contributed by atoms with Crippen molar-refractivity contribution in [2.24, 2.45) is 4.99 Å². The standard InChI is InChI=1S/C30H25FINO6S/c1-3-37-23-15-19(14-22(32)27(23)39-17-18-10-12-21(31)13-11-18)16-24-26(34)25(30(36)38-4-2)29(40-24)33-28(35)20-8-6-5-7-9-20/h5-16,34H,3-4,17H2,1-2H3/b24-16-,33-29?. The number of nitrogens with zero attached hydrogens (tertiary/aromatic N) is 1. The number of carbonyl (C=O) groups excluding carboxylic acids is 2. The quantitative estimate of drug-likeness (QED) is 0.191. The van der Waals surface area contributed by atoms with Crippen LogP contribution in [0.25, 0.3) is 6.08 Å². The third kappa shape index (κ3) is 7.11. The predicted octanol–water partition coefficient (Wildman–Crippen LogP) is 7.11. The highest BCUT2D eigenvalue weighted by molar-refractivity contribution is 14.1. The van der Waals surface area contributed by atoms with Gasteiger partial charge in [-0.05, 0) is 90.0 Å². The van der Waals surface area contributed by atoms with Gasteiger partial charge in [0.15, 0.2) is 11.5 Å². The van der Waals surface area contributed by atoms with Crippen molar-refractivity contribution in [1.29, 1.82) is 0 Å². The molecule has 1 aliphatic heterocycles. The lowest BCUT2D eigenvalue weighted by atomic mass is 10.1. The van der Waals surface area contributed by atoms with Crippen molar-refractivity contribution in [1.82, 2.24) is 0 Å². The Morgan fingerprint density at radius 3 is 2.42 bits per heavy atom. The Morgan fingerprint density at radius 1 is 1.02 bits per heavy atom. The zero-order chi connectivity index (χ0) is 28.6. The molecule has 1 N–H and O–H groups in total. The SMILES string of the molecule is CCOC(=O)C1=C(O)/C(=C/c2cc(I)c(OCc3ccc(F)cc3)c(OCC)c2)SC1=NC(=O)c1ccccc1. The van der Waals surface area contributed by atoms with Crippen LogP contribution in [-0.4, -0.2) is 35.2 Å². The summed E-state index contributed by atoms with van der Waals surface area (Å²) in [7, 11) is 0. The van der Waals surface area contributed by atoms with Gasteiger partial charge in [0.05, 0.1) is 21.7 Å². The van der Waals surface area contributed by atoms with Crippen molar-refractivity contribution in [3.63, 3.8) is 0 Å². The van der Waals surface area contributed by atoms with E-state index in [9.17, 15) is 19.1 Å². The molecule has 7 nitrogen and oxygen atoms in total. The highest BCUT2D eigenvalue weighted by Gasteiger charge is 2.34. The average molecular weight is 674 g/mol. The summed E-state index contributed by atoms with van der Waals surface area (Å²) < 4.78 is 30.9. The highest BCUT2D eigenvalue weighted by atomic mass is 127. The van der Waals surface area contributed by atoms with Gasteiger partial charge in [-0.15, -0.1) is 0 Å². The van der Waals surface area contributed by atoms with E-state index in [-0.39, 0.29) is 35.4 Å². The lowest BCUT2D eigenvalue weighted by Crippen LogP contribution is -2.14. The third-order valence-electron chi connectivity index (χ3n) is 5.52. The third-order valence-corrected chi connectivity index (χ3v) is 7.34. The summed E-state index contributed by atoms with van der Waals surface area (Å²) in [5.74, 6) is -0.965. The second-order valence-corrected chi connectivity index (χ2v) is 10.5. The average Bonchev–Trinajstić information content (AvgIpc) is 3.24. The van der Waals surface area contributed by atoms with Crippen LogP contribution in [0.5, 0.6) is 11.5 Å². The monoisotopic (exact) mass is 673 g/mol. The van der Waals surface area contributed by atoms with Crippen LogP contribution in [0.15, 0.2) is 88.0 Å². The van der Waals surface area contributed by atoms with Gasteiger partial charge in [-0.25, -0.2) is 14.2 Å². The molecule has 0 saturated carbocycles. The fraction of sp³-hybridized carbons (Fsp3) is 0.167. The van der Waals surface area contributed by atoms with E-state index in [4.69, 9.17) is 14.2 Å². The van der Waals surface area contributed by atoms with Gasteiger partial charge in [-0.2, -0.15) is 0 Å². The van der Waals surface area contributed by atoms with E-state index >= 15 is 0 Å². The van der Waals surface area contributed by atoms with Gasteiger partial charge in [0, 0.05) is 5.56 Å². The summed E-state index contributed by atoms with van der Waals surface area (Å²) in [6.45, 7) is 4.19. The van der Waals surface area contributed by atoms with Gasteiger partial charge < -0.3 is 19.3 Å². The van der Waals surface area contributed by atoms with Crippen LogP contribution in [0.4, 0.5) is 4.39 Å². The predicted molar refractivity (Wildman–Crippen MR) is 161 cm³/mol. The minimum atomic E-state index is -0.773. The van der Waals surface area contributed by atoms with Crippen molar-refractivity contribution < 1.29 is 33.3 Å². The number of carbonyl (C=O) groups is 2. The summed E-state index contributed by atoms with van der Waals surface area (Å²) in [4.78, 5) is 29.9. The van der Waals surface area contributed by atoms with Crippen LogP contribution < -0.4 is 9.47 Å². The number of esters is 1. The summed E-state index contributed by atoms with van der Waals surface area (Å²) in [5, 5.41) is 11.1. The molecule has 0 bridgehead atoms. The maximum Gasteiger partial charge on any atom is 0.344 e. The van der Waals surface area contributed by atoms with Gasteiger partial charge in [0.1, 0.15) is 28.8 Å². The smallest absolute Gasteiger partial charge is 0.344 e. The maximum atomic E-state index is 13.2. The minimum Gasteiger partial charge on any atom is -0.506 e. The Balaban J connectivity index is 1.67. The summed E-state index contributed by atoms with van der Waals surface area (Å²) in [6.07, 6.45) is 1.67. The lowest BCUT2D eigenvalue weighted by molar-refractivity contribution is -0.138. The minimum absolute atomic E-state index is 0.0510. The van der Waals surface area contributed by atoms with Gasteiger partial charge in [0.2, 0.25) is 0 Å². The number of ether oxygens (including phenoxy) is 3. The number of aliphatic hydroxyl groups excluding tert-OH is 1. The van der Waals surface area contributed by atoms with Crippen molar-refractivity contribution in [2.75, 3.05) is 13.2 Å². The van der Waals surface area contributed by atoms with Gasteiger partial charge in [-0.1, -0.05) is 42.1 Å². The molecular weight excluding hydrogens is 648 g/mol. The van der Waals surface area contributed by atoms with Gasteiger partial charge >= 0.3 is 5.97 Å². The molecule has 1 heterocycles. The van der Waals surface area contributed by atoms with Gasteiger partial charge in [-0.3, -0.25) is 4.79 Å². The highest BCUT2D eigenvalue weighted by Crippen LogP contribution is 2.41. The van der Waals surface area contributed by atoms with Crippen LogP contribution in [0.2, 0.25) is 0 Å². The van der Waals surface area contributed by atoms with Crippen LogP contribution in [0, 0.1) is 9.39 Å². The first kappa shape index (κ1) is 29.3. The first-order valence-electron chi connectivity index (χ1n) is 12.3. The first-order chi connectivity index (χ1) is 19.3. The van der Waals surface area contributed by atoms with Crippen molar-refractivity contribution in [3.8, 4) is 11.5 Å². The number of hydrogen-bond donors (Lipinski definition) is 1. The number of rotatable bonds is 9. The zero-order valence-electron chi connectivity index (χ0n) is 21.6. The van der Waals surface area contributed by atoms with E-state index in [1.807, 2.05) is 13.0 Å². The Kier molecular flexibility index (Phi) is 9.99. The number of thioether (sulfide) groups is 1. The Hall–Kier alpha value is -3.64. The molecule has 3 aromatic rings. The Morgan fingerprint density at radius 2 is 1.75 bits per heavy atom. The molecule has 4 rings (SSSR count). The van der Waals surface area contributed by atoms with Crippen molar-refractivity contribution >= 4 is 57.3 Å². The summed E-state index contributed by atoms with van der Waals surface area (Å²) in [6, 6.07) is 18.1. The van der Waals surface area contributed by atoms with Crippen LogP contribution in [-0.2, 0) is 16.1 Å². The molecule has 40 heavy (non-hydrogen) atoms. The molecule has 1 amide bonds. The number of aliphatic imine (C=N–C) groups is 1. The maximum absolute atomic E-state index is 13.2. The number of aliphatic hydroxyl groups is 1. The second-order valence-electron chi connectivity index (χ2n) is 8.32. The molecule has 10 heteroatoms. The molecule has 0 fully saturated rings. The number of halogens is 2. The molecule has 0 atom stereocenters. The normalized spacial score (nSPS) is 15.0. The zero-order valence-corrected chi connectivity index (χ0v) is 24.6. The molecule has 0 unspecified atom stereocenters. The van der Waals surface area contributed by atoms with Crippen LogP contribution >= 0.6 is 34.4 Å². The molecule has 0 aliphatic carbocycles. The van der Waals surface area contributed by atoms with E-state index in [1.165, 1.54) is 12.1 Å². The van der Waals surface area contributed by atoms with Crippen molar-refractivity contribution in [2.45, 2.75) is 20.5 Å². The molecule has 3 aromatic carbocycles.